The van der Waals surface area contributed by atoms with E-state index in [9.17, 15) is 0 Å². The van der Waals surface area contributed by atoms with Gasteiger partial charge in [-0.2, -0.15) is 0 Å². The second-order valence-electron chi connectivity index (χ2n) is 14.8. The smallest absolute Gasteiger partial charge is 0.334 e. The lowest BCUT2D eigenvalue weighted by Gasteiger charge is -2.38. The van der Waals surface area contributed by atoms with E-state index in [2.05, 4.69) is 92.7 Å². The lowest BCUT2D eigenvalue weighted by Crippen LogP contribution is -2.36. The van der Waals surface area contributed by atoms with Crippen molar-refractivity contribution in [3.63, 3.8) is 0 Å². The topological polar surface area (TPSA) is 36.9 Å². The monoisotopic (exact) mass is 566 g/mol. The van der Waals surface area contributed by atoms with E-state index in [4.69, 9.17) is 17.7 Å². The predicted octanol–water partition coefficient (Wildman–Crippen LogP) is 9.36. The molecule has 1 aromatic rings. The molecule has 0 saturated heterocycles. The fourth-order valence-corrected chi connectivity index (χ4v) is 9.29. The SMILES string of the molecule is CO[Si](C)(CCCC(C)(C)CC(C)(C)c1ccc(C(C)(C)CC(C)(C)CCC[Si](C)(OC)OC)cc1)OC. The summed E-state index contributed by atoms with van der Waals surface area (Å²) in [5, 5.41) is 0. The van der Waals surface area contributed by atoms with Gasteiger partial charge in [0.05, 0.1) is 0 Å². The van der Waals surface area contributed by atoms with Crippen molar-refractivity contribution in [2.24, 2.45) is 10.8 Å². The summed E-state index contributed by atoms with van der Waals surface area (Å²) in [6.45, 7) is 23.6. The van der Waals surface area contributed by atoms with Gasteiger partial charge < -0.3 is 17.7 Å². The fraction of sp³-hybridized carbons (Fsp3) is 0.812. The van der Waals surface area contributed by atoms with Crippen LogP contribution in [0.25, 0.3) is 0 Å². The van der Waals surface area contributed by atoms with E-state index in [1.54, 1.807) is 28.4 Å². The molecule has 0 bridgehead atoms. The molecular formula is C32H62O4Si2. The molecule has 0 aliphatic rings. The zero-order valence-corrected chi connectivity index (χ0v) is 29.6. The van der Waals surface area contributed by atoms with Crippen LogP contribution in [0.3, 0.4) is 0 Å². The maximum absolute atomic E-state index is 5.69. The molecule has 1 rings (SSSR count). The summed E-state index contributed by atoms with van der Waals surface area (Å²) < 4.78 is 22.8. The third-order valence-corrected chi connectivity index (χ3v) is 15.0. The Labute approximate surface area is 239 Å². The van der Waals surface area contributed by atoms with Crippen LogP contribution in [0.15, 0.2) is 24.3 Å². The summed E-state index contributed by atoms with van der Waals surface area (Å²) in [6.07, 6.45) is 6.96. The summed E-state index contributed by atoms with van der Waals surface area (Å²) in [5.74, 6) is 0. The standard InChI is InChI=1S/C32H62O4Si2/c1-29(2,21-15-23-37(13,33-9)34-10)25-31(5,6)27-17-19-28(20-18-27)32(7,8)26-30(3,4)22-16-24-38(14,35-11)36-12/h17-20H,15-16,21-26H2,1-14H3. The molecule has 0 N–H and O–H groups in total. The molecule has 6 heteroatoms. The van der Waals surface area contributed by atoms with Crippen LogP contribution in [-0.4, -0.2) is 45.6 Å². The van der Waals surface area contributed by atoms with E-state index >= 15 is 0 Å². The van der Waals surface area contributed by atoms with Crippen molar-refractivity contribution < 1.29 is 17.7 Å². The van der Waals surface area contributed by atoms with Crippen LogP contribution < -0.4 is 0 Å². The first kappa shape index (κ1) is 35.5. The summed E-state index contributed by atoms with van der Waals surface area (Å²) in [4.78, 5) is 0. The Hall–Kier alpha value is -0.506. The highest BCUT2D eigenvalue weighted by molar-refractivity contribution is 6.66. The van der Waals surface area contributed by atoms with E-state index in [1.165, 1.54) is 24.0 Å². The van der Waals surface area contributed by atoms with E-state index < -0.39 is 17.1 Å². The largest absolute Gasteiger partial charge is 0.398 e. The zero-order valence-electron chi connectivity index (χ0n) is 27.6. The minimum atomic E-state index is -1.99. The highest BCUT2D eigenvalue weighted by Gasteiger charge is 2.35. The van der Waals surface area contributed by atoms with Crippen molar-refractivity contribution in [2.75, 3.05) is 28.4 Å². The Morgan fingerprint density at radius 3 is 1.03 bits per heavy atom. The molecule has 0 fully saturated rings. The minimum absolute atomic E-state index is 0.119. The molecule has 0 saturated carbocycles. The van der Waals surface area contributed by atoms with Crippen LogP contribution in [0.1, 0.15) is 105 Å². The van der Waals surface area contributed by atoms with Crippen molar-refractivity contribution in [2.45, 2.75) is 130 Å². The van der Waals surface area contributed by atoms with Crippen LogP contribution in [0, 0.1) is 10.8 Å². The number of rotatable bonds is 18. The van der Waals surface area contributed by atoms with Crippen LogP contribution in [0.2, 0.25) is 25.2 Å². The van der Waals surface area contributed by atoms with Gasteiger partial charge in [-0.15, -0.1) is 0 Å². The van der Waals surface area contributed by atoms with Gasteiger partial charge in [0.2, 0.25) is 0 Å². The van der Waals surface area contributed by atoms with Crippen LogP contribution in [0.5, 0.6) is 0 Å². The van der Waals surface area contributed by atoms with Gasteiger partial charge in [0, 0.05) is 28.4 Å². The zero-order chi connectivity index (χ0) is 29.5. The summed E-state index contributed by atoms with van der Waals surface area (Å²) in [7, 11) is 3.18. The van der Waals surface area contributed by atoms with E-state index in [-0.39, 0.29) is 21.7 Å². The van der Waals surface area contributed by atoms with Crippen molar-refractivity contribution in [1.29, 1.82) is 0 Å². The van der Waals surface area contributed by atoms with Gasteiger partial charge in [0.1, 0.15) is 0 Å². The average molecular weight is 567 g/mol. The Morgan fingerprint density at radius 1 is 0.526 bits per heavy atom. The van der Waals surface area contributed by atoms with Gasteiger partial charge in [0.15, 0.2) is 0 Å². The second kappa shape index (κ2) is 13.9. The van der Waals surface area contributed by atoms with Crippen molar-refractivity contribution in [1.82, 2.24) is 0 Å². The highest BCUT2D eigenvalue weighted by atomic mass is 28.4. The first-order chi connectivity index (χ1) is 17.3. The molecule has 0 atom stereocenters. The maximum Gasteiger partial charge on any atom is 0.334 e. The van der Waals surface area contributed by atoms with Gasteiger partial charge in [-0.3, -0.25) is 0 Å². The third-order valence-electron chi connectivity index (χ3n) is 8.98. The van der Waals surface area contributed by atoms with Gasteiger partial charge in [-0.05, 0) is 83.7 Å². The number of hydrogen-bond donors (Lipinski definition) is 0. The number of benzene rings is 1. The molecule has 0 aromatic heterocycles. The minimum Gasteiger partial charge on any atom is -0.398 e. The summed E-state index contributed by atoms with van der Waals surface area (Å²) in [6, 6.07) is 11.6. The average Bonchev–Trinajstić information content (AvgIpc) is 2.82. The molecule has 38 heavy (non-hydrogen) atoms. The molecule has 0 heterocycles. The van der Waals surface area contributed by atoms with Gasteiger partial charge in [0.25, 0.3) is 0 Å². The van der Waals surface area contributed by atoms with Crippen molar-refractivity contribution in [3.8, 4) is 0 Å². The molecule has 0 radical (unpaired) electrons. The molecule has 0 spiro atoms. The van der Waals surface area contributed by atoms with Gasteiger partial charge in [-0.25, -0.2) is 0 Å². The molecule has 0 amide bonds. The number of hydrogen-bond acceptors (Lipinski definition) is 4. The molecule has 0 unspecified atom stereocenters. The quantitative estimate of drug-likeness (QED) is 0.166. The van der Waals surface area contributed by atoms with Gasteiger partial charge >= 0.3 is 17.1 Å². The Balaban J connectivity index is 2.82. The molecular weight excluding hydrogens is 505 g/mol. The lowest BCUT2D eigenvalue weighted by atomic mass is 9.68. The Morgan fingerprint density at radius 2 is 0.789 bits per heavy atom. The summed E-state index contributed by atoms with van der Waals surface area (Å²) in [5.41, 5.74) is 3.61. The van der Waals surface area contributed by atoms with Crippen molar-refractivity contribution >= 4 is 17.1 Å². The first-order valence-corrected chi connectivity index (χ1v) is 19.6. The molecule has 1 aromatic carbocycles. The highest BCUT2D eigenvalue weighted by Crippen LogP contribution is 2.43. The van der Waals surface area contributed by atoms with E-state index in [0.717, 1.165) is 37.8 Å². The van der Waals surface area contributed by atoms with Gasteiger partial charge in [-0.1, -0.05) is 92.5 Å². The first-order valence-electron chi connectivity index (χ1n) is 14.6. The predicted molar refractivity (Wildman–Crippen MR) is 169 cm³/mol. The Kier molecular flexibility index (Phi) is 13.0. The molecule has 222 valence electrons. The molecule has 0 aliphatic carbocycles. The maximum atomic E-state index is 5.69. The summed E-state index contributed by atoms with van der Waals surface area (Å²) >= 11 is 0. The van der Waals surface area contributed by atoms with Crippen LogP contribution in [-0.2, 0) is 28.5 Å². The molecule has 0 aliphatic heterocycles. The Bertz CT molecular complexity index is 753. The van der Waals surface area contributed by atoms with Crippen molar-refractivity contribution in [3.05, 3.63) is 35.4 Å². The third kappa shape index (κ3) is 11.2. The van der Waals surface area contributed by atoms with Crippen LogP contribution >= 0.6 is 0 Å². The van der Waals surface area contributed by atoms with Crippen LogP contribution in [0.4, 0.5) is 0 Å². The van der Waals surface area contributed by atoms with E-state index in [0.29, 0.717) is 0 Å². The lowest BCUT2D eigenvalue weighted by molar-refractivity contribution is 0.221. The normalized spacial score (nSPS) is 14.3. The second-order valence-corrected chi connectivity index (χ2v) is 22.0. The fourth-order valence-electron chi connectivity index (χ4n) is 6.50. The molecule has 4 nitrogen and oxygen atoms in total. The van der Waals surface area contributed by atoms with E-state index in [1.807, 2.05) is 0 Å².